The summed E-state index contributed by atoms with van der Waals surface area (Å²) in [5, 5.41) is 0.772. The van der Waals surface area contributed by atoms with Crippen LogP contribution in [0.3, 0.4) is 0 Å². The number of carbonyl (C=O) groups excluding carboxylic acids is 1. The molecule has 0 unspecified atom stereocenters. The Hall–Kier alpha value is -3.75. The molecule has 192 valence electrons. The number of carbonyl (C=O) groups is 1. The molecule has 37 heavy (non-hydrogen) atoms. The number of hydrogen-bond donors (Lipinski definition) is 1. The number of benzene rings is 3. The molecule has 4 rings (SSSR count). The van der Waals surface area contributed by atoms with E-state index in [1.807, 2.05) is 37.3 Å². The highest BCUT2D eigenvalue weighted by Crippen LogP contribution is 2.24. The monoisotopic (exact) mass is 519 g/mol. The van der Waals surface area contributed by atoms with Crippen LogP contribution in [-0.2, 0) is 27.7 Å². The lowest BCUT2D eigenvalue weighted by molar-refractivity contribution is -0.136. The zero-order valence-electron chi connectivity index (χ0n) is 20.8. The highest BCUT2D eigenvalue weighted by atomic mass is 32.2. The van der Waals surface area contributed by atoms with Gasteiger partial charge in [-0.2, -0.15) is 4.72 Å². The summed E-state index contributed by atoms with van der Waals surface area (Å²) in [6, 6.07) is 20.6. The van der Waals surface area contributed by atoms with E-state index in [9.17, 15) is 18.0 Å². The number of ether oxygens (including phenoxy) is 1. The molecule has 0 radical (unpaired) electrons. The Morgan fingerprint density at radius 2 is 1.73 bits per heavy atom. The Balaban J connectivity index is 1.61. The molecule has 1 heterocycles. The number of nitrogens with one attached hydrogen (secondary N) is 1. The molecule has 3 aromatic carbocycles. The van der Waals surface area contributed by atoms with Crippen LogP contribution in [0, 0.1) is 6.92 Å². The highest BCUT2D eigenvalue weighted by molar-refractivity contribution is 7.89. The number of fused-ring (bicyclic) bond motifs is 1. The molecule has 0 spiro atoms. The van der Waals surface area contributed by atoms with E-state index in [1.54, 1.807) is 24.3 Å². The highest BCUT2D eigenvalue weighted by Gasteiger charge is 2.28. The number of sulfonamides is 1. The van der Waals surface area contributed by atoms with E-state index in [-0.39, 0.29) is 17.1 Å². The van der Waals surface area contributed by atoms with Crippen LogP contribution in [0.5, 0.6) is 5.75 Å². The molecular formula is C29H29NO6S. The Labute approximate surface area is 216 Å². The maximum Gasteiger partial charge on any atom is 0.336 e. The van der Waals surface area contributed by atoms with E-state index in [2.05, 4.69) is 11.6 Å². The molecule has 0 aliphatic rings. The quantitative estimate of drug-likeness (QED) is 0.181. The smallest absolute Gasteiger partial charge is 0.336 e. The first-order valence-electron chi connectivity index (χ1n) is 12.2. The molecule has 4 aromatic rings. The van der Waals surface area contributed by atoms with E-state index in [4.69, 9.17) is 9.15 Å². The van der Waals surface area contributed by atoms with Crippen LogP contribution in [0.2, 0.25) is 0 Å². The average Bonchev–Trinajstić information content (AvgIpc) is 2.87. The molecule has 0 saturated carbocycles. The van der Waals surface area contributed by atoms with Gasteiger partial charge in [0.25, 0.3) is 0 Å². The summed E-state index contributed by atoms with van der Waals surface area (Å²) in [4.78, 5) is 25.4. The third-order valence-corrected chi connectivity index (χ3v) is 7.50. The summed E-state index contributed by atoms with van der Waals surface area (Å²) in [7, 11) is -4.00. The average molecular weight is 520 g/mol. The van der Waals surface area contributed by atoms with Gasteiger partial charge in [0.2, 0.25) is 10.0 Å². The van der Waals surface area contributed by atoms with Crippen molar-refractivity contribution in [3.8, 4) is 5.75 Å². The summed E-state index contributed by atoms with van der Waals surface area (Å²) in [5.41, 5.74) is 2.39. The lowest BCUT2D eigenvalue weighted by Gasteiger charge is -2.18. The van der Waals surface area contributed by atoms with Gasteiger partial charge < -0.3 is 9.15 Å². The Morgan fingerprint density at radius 1 is 1.00 bits per heavy atom. The van der Waals surface area contributed by atoms with Crippen LogP contribution in [-0.4, -0.2) is 20.4 Å². The summed E-state index contributed by atoms with van der Waals surface area (Å²) in [6.07, 6.45) is 2.74. The molecule has 0 aliphatic heterocycles. The van der Waals surface area contributed by atoms with Crippen molar-refractivity contribution in [2.24, 2.45) is 0 Å². The number of rotatable bonds is 10. The van der Waals surface area contributed by atoms with Gasteiger partial charge in [0.05, 0.1) is 4.90 Å². The zero-order valence-corrected chi connectivity index (χ0v) is 21.6. The minimum absolute atomic E-state index is 0.0519. The number of aryl methyl sites for hydroxylation is 2. The van der Waals surface area contributed by atoms with Crippen LogP contribution < -0.4 is 15.1 Å². The SMILES string of the molecule is CCCCc1cc(=O)oc2cc(OC(=O)[C@H](Cc3ccccc3)NS(=O)(=O)c3ccc(C)cc3)ccc12. The van der Waals surface area contributed by atoms with Crippen LogP contribution in [0.4, 0.5) is 0 Å². The summed E-state index contributed by atoms with van der Waals surface area (Å²) in [6.45, 7) is 3.93. The molecule has 1 atom stereocenters. The molecule has 1 aromatic heterocycles. The van der Waals surface area contributed by atoms with E-state index < -0.39 is 27.7 Å². The molecule has 8 heteroatoms. The van der Waals surface area contributed by atoms with Crippen molar-refractivity contribution in [2.75, 3.05) is 0 Å². The Morgan fingerprint density at radius 3 is 2.43 bits per heavy atom. The molecule has 0 fully saturated rings. The van der Waals surface area contributed by atoms with Crippen LogP contribution in [0.15, 0.2) is 93.0 Å². The van der Waals surface area contributed by atoms with Crippen molar-refractivity contribution in [2.45, 2.75) is 50.5 Å². The maximum absolute atomic E-state index is 13.2. The molecule has 0 aliphatic carbocycles. The standard InChI is InChI=1S/C29H29NO6S/c1-3-4-10-22-18-28(31)36-27-19-23(13-16-25(22)27)35-29(32)26(17-21-8-6-5-7-9-21)30-37(33,34)24-14-11-20(2)12-15-24/h5-9,11-16,18-19,26,30H,3-4,10,17H2,1-2H3/t26-/m0/s1. The van der Waals surface area contributed by atoms with Crippen LogP contribution >= 0.6 is 0 Å². The van der Waals surface area contributed by atoms with Crippen molar-refractivity contribution in [1.82, 2.24) is 4.72 Å². The molecule has 1 N–H and O–H groups in total. The minimum atomic E-state index is -4.00. The van der Waals surface area contributed by atoms with Gasteiger partial charge >= 0.3 is 11.6 Å². The fourth-order valence-electron chi connectivity index (χ4n) is 4.03. The van der Waals surface area contributed by atoms with Gasteiger partial charge in [0, 0.05) is 17.5 Å². The number of hydrogen-bond acceptors (Lipinski definition) is 6. The predicted molar refractivity (Wildman–Crippen MR) is 142 cm³/mol. The van der Waals surface area contributed by atoms with Crippen molar-refractivity contribution >= 4 is 27.0 Å². The molecule has 0 saturated heterocycles. The van der Waals surface area contributed by atoms with Crippen molar-refractivity contribution in [3.05, 3.63) is 106 Å². The van der Waals surface area contributed by atoms with Gasteiger partial charge in [-0.25, -0.2) is 18.0 Å². The first-order chi connectivity index (χ1) is 17.7. The lowest BCUT2D eigenvalue weighted by Crippen LogP contribution is -2.44. The van der Waals surface area contributed by atoms with Gasteiger partial charge in [-0.1, -0.05) is 61.4 Å². The first kappa shape index (κ1) is 26.3. The summed E-state index contributed by atoms with van der Waals surface area (Å²) in [5.74, 6) is -0.621. The summed E-state index contributed by atoms with van der Waals surface area (Å²) >= 11 is 0. The molecular weight excluding hydrogens is 490 g/mol. The fraction of sp³-hybridized carbons (Fsp3) is 0.241. The van der Waals surface area contributed by atoms with Crippen molar-refractivity contribution < 1.29 is 22.4 Å². The van der Waals surface area contributed by atoms with E-state index >= 15 is 0 Å². The van der Waals surface area contributed by atoms with Gasteiger partial charge in [0.1, 0.15) is 17.4 Å². The normalized spacial score (nSPS) is 12.4. The molecule has 0 bridgehead atoms. The van der Waals surface area contributed by atoms with Crippen LogP contribution in [0.25, 0.3) is 11.0 Å². The van der Waals surface area contributed by atoms with Crippen LogP contribution in [0.1, 0.15) is 36.5 Å². The van der Waals surface area contributed by atoms with E-state index in [1.165, 1.54) is 24.3 Å². The molecule has 7 nitrogen and oxygen atoms in total. The largest absolute Gasteiger partial charge is 0.425 e. The predicted octanol–water partition coefficient (Wildman–Crippen LogP) is 4.94. The van der Waals surface area contributed by atoms with E-state index in [0.29, 0.717) is 5.58 Å². The number of esters is 1. The van der Waals surface area contributed by atoms with E-state index in [0.717, 1.165) is 41.3 Å². The van der Waals surface area contributed by atoms with Gasteiger partial charge in [-0.3, -0.25) is 0 Å². The third kappa shape index (κ3) is 6.72. The van der Waals surface area contributed by atoms with Crippen molar-refractivity contribution in [1.29, 1.82) is 0 Å². The molecule has 0 amide bonds. The fourth-order valence-corrected chi connectivity index (χ4v) is 5.22. The number of unbranched alkanes of at least 4 members (excludes halogenated alkanes) is 1. The first-order valence-corrected chi connectivity index (χ1v) is 13.6. The third-order valence-electron chi connectivity index (χ3n) is 6.02. The van der Waals surface area contributed by atoms with Gasteiger partial charge in [0.15, 0.2) is 0 Å². The zero-order chi connectivity index (χ0) is 26.4. The van der Waals surface area contributed by atoms with Gasteiger partial charge in [-0.15, -0.1) is 0 Å². The second-order valence-corrected chi connectivity index (χ2v) is 10.7. The Kier molecular flexibility index (Phi) is 8.21. The second kappa shape index (κ2) is 11.5. The minimum Gasteiger partial charge on any atom is -0.425 e. The summed E-state index contributed by atoms with van der Waals surface area (Å²) < 4.78 is 39.6. The maximum atomic E-state index is 13.2. The van der Waals surface area contributed by atoms with Crippen molar-refractivity contribution in [3.63, 3.8) is 0 Å². The second-order valence-electron chi connectivity index (χ2n) is 8.95. The lowest BCUT2D eigenvalue weighted by atomic mass is 10.0. The van der Waals surface area contributed by atoms with Gasteiger partial charge in [-0.05, 0) is 61.6 Å². The Bertz CT molecular complexity index is 1540. The topological polar surface area (TPSA) is 103 Å².